The molecule has 0 saturated carbocycles. The van der Waals surface area contributed by atoms with E-state index in [2.05, 4.69) is 4.72 Å². The maximum absolute atomic E-state index is 12.2. The van der Waals surface area contributed by atoms with Gasteiger partial charge < -0.3 is 9.47 Å². The Balaban J connectivity index is 1.42. The van der Waals surface area contributed by atoms with Gasteiger partial charge in [0, 0.05) is 6.54 Å². The normalized spacial score (nSPS) is 13.3. The fourth-order valence-electron chi connectivity index (χ4n) is 2.89. The smallest absolute Gasteiger partial charge is 0.307 e. The van der Waals surface area contributed by atoms with E-state index in [9.17, 15) is 22.8 Å². The maximum atomic E-state index is 12.2. The molecule has 2 amide bonds. The zero-order valence-electron chi connectivity index (χ0n) is 16.2. The minimum absolute atomic E-state index is 0.0438. The third-order valence-electron chi connectivity index (χ3n) is 4.45. The maximum Gasteiger partial charge on any atom is 0.307 e. The molecule has 0 radical (unpaired) electrons. The highest BCUT2D eigenvalue weighted by atomic mass is 32.2. The van der Waals surface area contributed by atoms with Gasteiger partial charge in [0.25, 0.3) is 11.8 Å². The number of hydrogen-bond donors (Lipinski definition) is 1. The van der Waals surface area contributed by atoms with Gasteiger partial charge in [0.15, 0.2) is 0 Å². The molecule has 2 aromatic carbocycles. The van der Waals surface area contributed by atoms with Crippen LogP contribution in [-0.2, 0) is 19.6 Å². The average molecular weight is 432 g/mol. The summed E-state index contributed by atoms with van der Waals surface area (Å²) in [6, 6.07) is 12.3. The molecule has 1 N–H and O–H groups in total. The third kappa shape index (κ3) is 4.66. The molecule has 1 aliphatic rings. The number of nitrogens with zero attached hydrogens (tertiary/aromatic N) is 1. The van der Waals surface area contributed by atoms with E-state index < -0.39 is 27.8 Å². The van der Waals surface area contributed by atoms with Crippen LogP contribution in [0, 0.1) is 0 Å². The Morgan fingerprint density at radius 1 is 1.00 bits per heavy atom. The molecule has 0 aliphatic carbocycles. The van der Waals surface area contributed by atoms with Crippen LogP contribution >= 0.6 is 0 Å². The monoisotopic (exact) mass is 432 g/mol. The van der Waals surface area contributed by atoms with Crippen molar-refractivity contribution in [2.24, 2.45) is 0 Å². The van der Waals surface area contributed by atoms with Gasteiger partial charge in [-0.25, -0.2) is 13.1 Å². The minimum atomic E-state index is -3.77. The molecule has 2 aromatic rings. The van der Waals surface area contributed by atoms with Crippen LogP contribution in [0.1, 0.15) is 27.1 Å². The summed E-state index contributed by atoms with van der Waals surface area (Å²) < 4.78 is 36.7. The summed E-state index contributed by atoms with van der Waals surface area (Å²) in [5.74, 6) is -0.988. The highest BCUT2D eigenvalue weighted by Crippen LogP contribution is 2.22. The van der Waals surface area contributed by atoms with E-state index in [1.807, 2.05) is 0 Å². The number of carbonyl (C=O) groups is 3. The van der Waals surface area contributed by atoms with Gasteiger partial charge >= 0.3 is 5.97 Å². The molecule has 0 saturated heterocycles. The fraction of sp³-hybridized carbons (Fsp3) is 0.250. The van der Waals surface area contributed by atoms with Crippen LogP contribution in [0.25, 0.3) is 0 Å². The quantitative estimate of drug-likeness (QED) is 0.467. The first kappa shape index (κ1) is 21.5. The van der Waals surface area contributed by atoms with E-state index in [1.54, 1.807) is 24.3 Å². The number of rotatable bonds is 9. The van der Waals surface area contributed by atoms with Crippen molar-refractivity contribution < 1.29 is 32.3 Å². The fourth-order valence-corrected chi connectivity index (χ4v) is 3.92. The molecular formula is C20H20N2O7S. The van der Waals surface area contributed by atoms with Crippen LogP contribution < -0.4 is 9.46 Å². The van der Waals surface area contributed by atoms with Crippen LogP contribution in [0.2, 0.25) is 0 Å². The SMILES string of the molecule is COc1ccc(S(=O)(=O)NCCC(=O)OCCN2C(=O)c3ccccc3C2=O)cc1. The largest absolute Gasteiger partial charge is 0.497 e. The van der Waals surface area contributed by atoms with E-state index in [-0.39, 0.29) is 31.0 Å². The number of ether oxygens (including phenoxy) is 2. The Hall–Kier alpha value is -3.24. The van der Waals surface area contributed by atoms with Crippen molar-refractivity contribution in [3.05, 3.63) is 59.7 Å². The summed E-state index contributed by atoms with van der Waals surface area (Å²) in [7, 11) is -2.30. The number of sulfonamides is 1. The van der Waals surface area contributed by atoms with Crippen LogP contribution in [0.3, 0.4) is 0 Å². The lowest BCUT2D eigenvalue weighted by atomic mass is 10.1. The van der Waals surface area contributed by atoms with Gasteiger partial charge in [-0.2, -0.15) is 0 Å². The Kier molecular flexibility index (Phi) is 6.48. The van der Waals surface area contributed by atoms with Crippen LogP contribution in [0.4, 0.5) is 0 Å². The number of benzene rings is 2. The van der Waals surface area contributed by atoms with Crippen molar-refractivity contribution in [3.8, 4) is 5.75 Å². The summed E-state index contributed by atoms with van der Waals surface area (Å²) in [5.41, 5.74) is 0.642. The first-order valence-corrected chi connectivity index (χ1v) is 10.6. The molecule has 0 spiro atoms. The lowest BCUT2D eigenvalue weighted by molar-refractivity contribution is -0.143. The van der Waals surface area contributed by atoms with E-state index in [0.29, 0.717) is 16.9 Å². The summed E-state index contributed by atoms with van der Waals surface area (Å²) >= 11 is 0. The van der Waals surface area contributed by atoms with Crippen LogP contribution in [0.15, 0.2) is 53.4 Å². The van der Waals surface area contributed by atoms with Crippen molar-refractivity contribution in [1.29, 1.82) is 0 Å². The van der Waals surface area contributed by atoms with Gasteiger partial charge in [0.2, 0.25) is 10.0 Å². The molecule has 1 heterocycles. The Morgan fingerprint density at radius 3 is 2.17 bits per heavy atom. The van der Waals surface area contributed by atoms with E-state index >= 15 is 0 Å². The number of imide groups is 1. The molecule has 3 rings (SSSR count). The lowest BCUT2D eigenvalue weighted by Crippen LogP contribution is -2.33. The molecule has 0 unspecified atom stereocenters. The van der Waals surface area contributed by atoms with Gasteiger partial charge in [-0.05, 0) is 36.4 Å². The number of amides is 2. The molecule has 30 heavy (non-hydrogen) atoms. The van der Waals surface area contributed by atoms with Crippen molar-refractivity contribution in [2.75, 3.05) is 26.8 Å². The Bertz CT molecular complexity index is 1030. The van der Waals surface area contributed by atoms with Crippen molar-refractivity contribution in [2.45, 2.75) is 11.3 Å². The van der Waals surface area contributed by atoms with Gasteiger partial charge in [0.1, 0.15) is 12.4 Å². The van der Waals surface area contributed by atoms with Gasteiger partial charge in [-0.1, -0.05) is 12.1 Å². The summed E-state index contributed by atoms with van der Waals surface area (Å²) in [6.45, 7) is -0.397. The van der Waals surface area contributed by atoms with E-state index in [0.717, 1.165) is 4.90 Å². The first-order valence-electron chi connectivity index (χ1n) is 9.08. The second kappa shape index (κ2) is 9.06. The molecule has 0 aromatic heterocycles. The van der Waals surface area contributed by atoms with Crippen LogP contribution in [-0.4, -0.2) is 57.9 Å². The number of nitrogens with one attached hydrogen (secondary N) is 1. The predicted molar refractivity (Wildman–Crippen MR) is 106 cm³/mol. The standard InChI is InChI=1S/C20H20N2O7S/c1-28-14-6-8-15(9-7-14)30(26,27)21-11-10-18(23)29-13-12-22-19(24)16-4-2-3-5-17(16)20(22)25/h2-9,21H,10-13H2,1H3. The van der Waals surface area contributed by atoms with E-state index in [4.69, 9.17) is 9.47 Å². The molecule has 0 bridgehead atoms. The molecule has 0 fully saturated rings. The zero-order valence-corrected chi connectivity index (χ0v) is 17.0. The number of fused-ring (bicyclic) bond motifs is 1. The Morgan fingerprint density at radius 2 is 1.60 bits per heavy atom. The molecule has 10 heteroatoms. The second-order valence-corrected chi connectivity index (χ2v) is 8.12. The zero-order chi connectivity index (χ0) is 21.7. The topological polar surface area (TPSA) is 119 Å². The van der Waals surface area contributed by atoms with Crippen molar-refractivity contribution in [1.82, 2.24) is 9.62 Å². The summed E-state index contributed by atoms with van der Waals surface area (Å²) in [5, 5.41) is 0. The van der Waals surface area contributed by atoms with Gasteiger partial charge in [-0.15, -0.1) is 0 Å². The van der Waals surface area contributed by atoms with Crippen LogP contribution in [0.5, 0.6) is 5.75 Å². The first-order chi connectivity index (χ1) is 14.3. The Labute approximate surface area is 173 Å². The number of hydrogen-bond acceptors (Lipinski definition) is 7. The highest BCUT2D eigenvalue weighted by Gasteiger charge is 2.34. The molecule has 1 aliphatic heterocycles. The molecular weight excluding hydrogens is 412 g/mol. The lowest BCUT2D eigenvalue weighted by Gasteiger charge is -2.14. The highest BCUT2D eigenvalue weighted by molar-refractivity contribution is 7.89. The minimum Gasteiger partial charge on any atom is -0.497 e. The van der Waals surface area contributed by atoms with Gasteiger partial charge in [0.05, 0.1) is 36.1 Å². The molecule has 9 nitrogen and oxygen atoms in total. The number of methoxy groups -OCH3 is 1. The molecule has 158 valence electrons. The predicted octanol–water partition coefficient (Wildman–Crippen LogP) is 1.20. The second-order valence-electron chi connectivity index (χ2n) is 6.35. The van der Waals surface area contributed by atoms with Gasteiger partial charge in [-0.3, -0.25) is 19.3 Å². The van der Waals surface area contributed by atoms with Crippen molar-refractivity contribution in [3.63, 3.8) is 0 Å². The average Bonchev–Trinajstić information content (AvgIpc) is 2.99. The van der Waals surface area contributed by atoms with Crippen molar-refractivity contribution >= 4 is 27.8 Å². The third-order valence-corrected chi connectivity index (χ3v) is 5.92. The number of esters is 1. The van der Waals surface area contributed by atoms with E-state index in [1.165, 1.54) is 31.4 Å². The molecule has 0 atom stereocenters. The summed E-state index contributed by atoms with van der Waals surface area (Å²) in [6.07, 6.45) is -0.197. The number of carbonyl (C=O) groups excluding carboxylic acids is 3. The summed E-state index contributed by atoms with van der Waals surface area (Å²) in [4.78, 5) is 37.3.